The molecular weight excluding hydrogens is 463 g/mol. The van der Waals surface area contributed by atoms with Gasteiger partial charge in [-0.2, -0.15) is 4.98 Å². The fourth-order valence-electron chi connectivity index (χ4n) is 4.78. The Morgan fingerprint density at radius 3 is 2.74 bits per heavy atom. The van der Waals surface area contributed by atoms with Gasteiger partial charge in [0.25, 0.3) is 6.43 Å². The largest absolute Gasteiger partial charge is 0.472 e. The van der Waals surface area contributed by atoms with Crippen LogP contribution < -0.4 is 10.1 Å². The Kier molecular flexibility index (Phi) is 8.25. The van der Waals surface area contributed by atoms with E-state index in [-0.39, 0.29) is 24.2 Å². The summed E-state index contributed by atoms with van der Waals surface area (Å²) in [5.41, 5.74) is 0.709. The molecule has 35 heavy (non-hydrogen) atoms. The molecule has 0 aromatic carbocycles. The number of alkyl halides is 3. The molecule has 0 bridgehead atoms. The van der Waals surface area contributed by atoms with E-state index in [0.717, 1.165) is 30.8 Å². The summed E-state index contributed by atoms with van der Waals surface area (Å²) >= 11 is 0. The van der Waals surface area contributed by atoms with Crippen molar-refractivity contribution in [2.45, 2.75) is 76.4 Å². The Balaban J connectivity index is 1.19. The molecule has 1 aliphatic carbocycles. The van der Waals surface area contributed by atoms with Crippen molar-refractivity contribution < 1.29 is 27.2 Å². The number of carbonyl (C=O) groups is 1. The maximum Gasteiger partial charge on any atom is 0.272 e. The molecule has 0 atom stereocenters. The molecule has 0 saturated heterocycles. The number of hydrogen-bond donors (Lipinski definition) is 1. The van der Waals surface area contributed by atoms with Gasteiger partial charge in [-0.15, -0.1) is 0 Å². The first-order chi connectivity index (χ1) is 16.8. The number of ether oxygens (including phenoxy) is 1. The molecule has 8 nitrogen and oxygen atoms in total. The number of hydrogen-bond acceptors (Lipinski definition) is 7. The summed E-state index contributed by atoms with van der Waals surface area (Å²) in [5, 5.41) is 6.69. The van der Waals surface area contributed by atoms with Gasteiger partial charge in [-0.25, -0.2) is 18.2 Å². The van der Waals surface area contributed by atoms with Gasteiger partial charge in [-0.05, 0) is 44.1 Å². The van der Waals surface area contributed by atoms with Crippen LogP contribution in [0.3, 0.4) is 0 Å². The van der Waals surface area contributed by atoms with Crippen molar-refractivity contribution in [2.24, 2.45) is 0 Å². The lowest BCUT2D eigenvalue weighted by Gasteiger charge is -2.35. The van der Waals surface area contributed by atoms with Crippen LogP contribution in [0, 0.1) is 6.92 Å². The van der Waals surface area contributed by atoms with E-state index in [9.17, 15) is 13.6 Å². The highest BCUT2D eigenvalue weighted by molar-refractivity contribution is 5.78. The van der Waals surface area contributed by atoms with Crippen molar-refractivity contribution in [3.63, 3.8) is 0 Å². The number of fused-ring (bicyclic) bond motifs is 1. The average Bonchev–Trinajstić information content (AvgIpc) is 3.12. The highest BCUT2D eigenvalue weighted by Crippen LogP contribution is 2.35. The van der Waals surface area contributed by atoms with Crippen LogP contribution in [0.2, 0.25) is 0 Å². The van der Waals surface area contributed by atoms with Crippen molar-refractivity contribution in [2.75, 3.05) is 26.2 Å². The van der Waals surface area contributed by atoms with Gasteiger partial charge in [0.2, 0.25) is 17.7 Å². The number of carbonyl (C=O) groups excluding carboxylic acids is 1. The monoisotopic (exact) mass is 495 g/mol. The summed E-state index contributed by atoms with van der Waals surface area (Å²) in [7, 11) is 0. The normalized spacial score (nSPS) is 23.1. The second-order valence-corrected chi connectivity index (χ2v) is 9.45. The highest BCUT2D eigenvalue weighted by Gasteiger charge is 2.36. The molecule has 1 amide bonds. The molecule has 2 aliphatic rings. The second-order valence-electron chi connectivity index (χ2n) is 9.45. The number of amides is 1. The van der Waals surface area contributed by atoms with Crippen molar-refractivity contribution in [1.82, 2.24) is 25.3 Å². The molecule has 1 fully saturated rings. The average molecular weight is 496 g/mol. The van der Waals surface area contributed by atoms with Crippen LogP contribution in [-0.4, -0.2) is 70.3 Å². The van der Waals surface area contributed by atoms with E-state index in [1.54, 1.807) is 13.0 Å². The lowest BCUT2D eigenvalue weighted by Crippen LogP contribution is -2.43. The van der Waals surface area contributed by atoms with Crippen LogP contribution in [0.4, 0.5) is 13.2 Å². The molecule has 192 valence electrons. The van der Waals surface area contributed by atoms with Crippen LogP contribution in [0.1, 0.15) is 55.1 Å². The maximum absolute atomic E-state index is 15.5. The zero-order valence-electron chi connectivity index (χ0n) is 19.9. The smallest absolute Gasteiger partial charge is 0.272 e. The summed E-state index contributed by atoms with van der Waals surface area (Å²) in [6, 6.07) is 3.48. The van der Waals surface area contributed by atoms with Gasteiger partial charge in [0.1, 0.15) is 5.67 Å². The van der Waals surface area contributed by atoms with E-state index in [2.05, 4.69) is 25.3 Å². The number of pyridine rings is 1. The summed E-state index contributed by atoms with van der Waals surface area (Å²) < 4.78 is 50.2. The third-order valence-corrected chi connectivity index (χ3v) is 6.77. The lowest BCUT2D eigenvalue weighted by molar-refractivity contribution is -0.121. The zero-order chi connectivity index (χ0) is 24.8. The van der Waals surface area contributed by atoms with Crippen LogP contribution in [0.15, 0.2) is 16.7 Å². The van der Waals surface area contributed by atoms with Gasteiger partial charge >= 0.3 is 0 Å². The van der Waals surface area contributed by atoms with Crippen molar-refractivity contribution in [3.05, 3.63) is 35.1 Å². The Bertz CT molecular complexity index is 995. The van der Waals surface area contributed by atoms with Gasteiger partial charge in [0, 0.05) is 50.8 Å². The van der Waals surface area contributed by atoms with Gasteiger partial charge in [0.15, 0.2) is 12.4 Å². The molecule has 1 aliphatic heterocycles. The second kappa shape index (κ2) is 11.4. The fraction of sp³-hybridized carbons (Fsp3) is 0.667. The Hall–Kier alpha value is -2.69. The minimum atomic E-state index is -2.54. The predicted molar refractivity (Wildman–Crippen MR) is 121 cm³/mol. The molecule has 0 radical (unpaired) electrons. The van der Waals surface area contributed by atoms with E-state index in [1.165, 1.54) is 0 Å². The van der Waals surface area contributed by atoms with E-state index >= 15 is 4.39 Å². The van der Waals surface area contributed by atoms with Gasteiger partial charge in [-0.1, -0.05) is 11.2 Å². The molecular formula is C24H32F3N5O3. The van der Waals surface area contributed by atoms with E-state index in [0.29, 0.717) is 56.8 Å². The molecule has 4 rings (SSSR count). The number of nitrogens with one attached hydrogen (secondary N) is 1. The van der Waals surface area contributed by atoms with Crippen molar-refractivity contribution >= 4 is 5.91 Å². The molecule has 2 aromatic rings. The summed E-state index contributed by atoms with van der Waals surface area (Å²) in [6.45, 7) is 3.19. The van der Waals surface area contributed by atoms with Crippen molar-refractivity contribution in [1.29, 1.82) is 0 Å². The molecule has 1 N–H and O–H groups in total. The van der Waals surface area contributed by atoms with Crippen LogP contribution >= 0.6 is 0 Å². The first-order valence-corrected chi connectivity index (χ1v) is 12.2. The third kappa shape index (κ3) is 7.39. The topological polar surface area (TPSA) is 93.4 Å². The Morgan fingerprint density at radius 1 is 1.26 bits per heavy atom. The van der Waals surface area contributed by atoms with Crippen LogP contribution in [-0.2, 0) is 24.1 Å². The Labute approximate surface area is 202 Å². The molecule has 0 spiro atoms. The summed E-state index contributed by atoms with van der Waals surface area (Å²) in [6.07, 6.45) is 1.46. The fourth-order valence-corrected chi connectivity index (χ4v) is 4.78. The summed E-state index contributed by atoms with van der Waals surface area (Å²) in [4.78, 5) is 22.9. The van der Waals surface area contributed by atoms with E-state index in [1.807, 2.05) is 6.07 Å². The van der Waals surface area contributed by atoms with Gasteiger partial charge < -0.3 is 19.5 Å². The van der Waals surface area contributed by atoms with E-state index < -0.39 is 18.7 Å². The number of halogens is 3. The number of aromatic nitrogens is 3. The number of rotatable bonds is 9. The van der Waals surface area contributed by atoms with E-state index in [4.69, 9.17) is 9.26 Å². The third-order valence-electron chi connectivity index (χ3n) is 6.77. The van der Waals surface area contributed by atoms with Crippen molar-refractivity contribution in [3.8, 4) is 5.88 Å². The SMILES string of the molecule is Cc1nc(CC(=O)NC2CCC(F)(CCN3CCc4ccc(OCC(F)F)nc4CC3)CC2)no1. The first-order valence-electron chi connectivity index (χ1n) is 12.2. The van der Waals surface area contributed by atoms with Gasteiger partial charge in [0.05, 0.1) is 6.42 Å². The van der Waals surface area contributed by atoms with Crippen LogP contribution in [0.25, 0.3) is 0 Å². The summed E-state index contributed by atoms with van der Waals surface area (Å²) in [5.74, 6) is 0.808. The lowest BCUT2D eigenvalue weighted by atomic mass is 9.81. The quantitative estimate of drug-likeness (QED) is 0.571. The molecule has 3 heterocycles. The van der Waals surface area contributed by atoms with Crippen LogP contribution in [0.5, 0.6) is 5.88 Å². The maximum atomic E-state index is 15.5. The Morgan fingerprint density at radius 2 is 2.03 bits per heavy atom. The number of aryl methyl sites for hydroxylation is 1. The van der Waals surface area contributed by atoms with Gasteiger partial charge in [-0.3, -0.25) is 4.79 Å². The molecule has 2 aromatic heterocycles. The highest BCUT2D eigenvalue weighted by atomic mass is 19.3. The number of nitrogens with zero attached hydrogens (tertiary/aromatic N) is 4. The minimum Gasteiger partial charge on any atom is -0.472 e. The molecule has 11 heteroatoms. The predicted octanol–water partition coefficient (Wildman–Crippen LogP) is 3.22. The first kappa shape index (κ1) is 25.4. The standard InChI is InChI=1S/C24H32F3N5O3/c1-16-28-21(31-35-16)14-22(33)29-18-4-8-24(27,9-5-18)10-13-32-11-6-17-2-3-23(34-15-20(25)26)30-19(17)7-12-32/h2-3,18,20H,4-15H2,1H3,(H,29,33). The minimum absolute atomic E-state index is 0.0420. The molecule has 1 saturated carbocycles. The molecule has 0 unspecified atom stereocenters. The zero-order valence-corrected chi connectivity index (χ0v) is 19.9.